The summed E-state index contributed by atoms with van der Waals surface area (Å²) in [5.74, 6) is 0.717. The van der Waals surface area contributed by atoms with Crippen LogP contribution in [0.5, 0.6) is 0 Å². The largest absolute Gasteiger partial charge is 0.228 e. The molecule has 12 rings (SSSR count). The minimum Gasteiger partial charge on any atom is -0.228 e. The molecule has 0 saturated heterocycles. The van der Waals surface area contributed by atoms with E-state index < -0.39 is 5.41 Å². The van der Waals surface area contributed by atoms with Crippen molar-refractivity contribution in [1.82, 2.24) is 9.97 Å². The molecule has 2 heteroatoms. The van der Waals surface area contributed by atoms with Gasteiger partial charge in [-0.05, 0) is 108 Å². The Morgan fingerprint density at radius 3 is 1.61 bits per heavy atom. The lowest BCUT2D eigenvalue weighted by molar-refractivity contribution is 0.802. The van der Waals surface area contributed by atoms with Crippen LogP contribution in [0.2, 0.25) is 0 Å². The van der Waals surface area contributed by atoms with Gasteiger partial charge < -0.3 is 0 Å². The van der Waals surface area contributed by atoms with Gasteiger partial charge in [0.15, 0.2) is 5.82 Å². The van der Waals surface area contributed by atoms with Crippen molar-refractivity contribution in [2.24, 2.45) is 0 Å². The molecule has 0 N–H and O–H groups in total. The molecule has 0 unspecified atom stereocenters. The molecule has 0 saturated carbocycles. The lowest BCUT2D eigenvalue weighted by Gasteiger charge is -2.31. The Labute approximate surface area is 331 Å². The second kappa shape index (κ2) is 12.3. The summed E-state index contributed by atoms with van der Waals surface area (Å²) in [5, 5.41) is 5.06. The molecule has 0 atom stereocenters. The van der Waals surface area contributed by atoms with Crippen LogP contribution in [0.25, 0.3) is 88.8 Å². The fourth-order valence-electron chi connectivity index (χ4n) is 9.77. The first-order valence-electron chi connectivity index (χ1n) is 19.6. The summed E-state index contributed by atoms with van der Waals surface area (Å²) in [4.78, 5) is 10.2. The Bertz CT molecular complexity index is 3130. The number of aromatic nitrogens is 2. The predicted octanol–water partition coefficient (Wildman–Crippen LogP) is 13.8. The molecule has 1 heterocycles. The van der Waals surface area contributed by atoms with Gasteiger partial charge in [0, 0.05) is 16.7 Å². The van der Waals surface area contributed by atoms with Gasteiger partial charge in [-0.15, -0.1) is 0 Å². The lowest BCUT2D eigenvalue weighted by Crippen LogP contribution is -2.26. The van der Waals surface area contributed by atoms with Gasteiger partial charge in [0.2, 0.25) is 0 Å². The number of hydrogen-bond donors (Lipinski definition) is 0. The van der Waals surface area contributed by atoms with Gasteiger partial charge in [0.05, 0.1) is 16.8 Å². The van der Waals surface area contributed by atoms with E-state index in [1.807, 2.05) is 24.3 Å². The summed E-state index contributed by atoms with van der Waals surface area (Å²) >= 11 is 0. The monoisotopic (exact) mass is 722 g/mol. The Morgan fingerprint density at radius 2 is 0.877 bits per heavy atom. The van der Waals surface area contributed by atoms with Gasteiger partial charge in [0.1, 0.15) is 0 Å². The van der Waals surface area contributed by atoms with Crippen LogP contribution in [0, 0.1) is 0 Å². The van der Waals surface area contributed by atoms with Crippen LogP contribution in [-0.2, 0) is 5.41 Å². The molecule has 1 spiro atoms. The molecular formula is C55H34N2. The van der Waals surface area contributed by atoms with Crippen molar-refractivity contribution in [1.29, 1.82) is 0 Å². The highest BCUT2D eigenvalue weighted by molar-refractivity contribution is 6.07. The van der Waals surface area contributed by atoms with Gasteiger partial charge in [-0.1, -0.05) is 176 Å². The van der Waals surface area contributed by atoms with E-state index in [1.165, 1.54) is 71.6 Å². The topological polar surface area (TPSA) is 25.8 Å². The van der Waals surface area contributed by atoms with E-state index in [-0.39, 0.29) is 0 Å². The quantitative estimate of drug-likeness (QED) is 0.181. The molecule has 57 heavy (non-hydrogen) atoms. The molecule has 2 aliphatic rings. The zero-order valence-electron chi connectivity index (χ0n) is 31.0. The van der Waals surface area contributed by atoms with Crippen molar-refractivity contribution in [3.8, 4) is 67.3 Å². The fourth-order valence-corrected chi connectivity index (χ4v) is 9.77. The molecule has 2 aliphatic carbocycles. The molecule has 1 aromatic heterocycles. The molecule has 2 nitrogen and oxygen atoms in total. The van der Waals surface area contributed by atoms with Crippen LogP contribution in [-0.4, -0.2) is 9.97 Å². The number of hydrogen-bond acceptors (Lipinski definition) is 2. The zero-order valence-corrected chi connectivity index (χ0v) is 31.0. The van der Waals surface area contributed by atoms with Gasteiger partial charge >= 0.3 is 0 Å². The summed E-state index contributed by atoms with van der Waals surface area (Å²) in [7, 11) is 0. The van der Waals surface area contributed by atoms with Gasteiger partial charge in [-0.2, -0.15) is 0 Å². The molecule has 0 fully saturated rings. The van der Waals surface area contributed by atoms with E-state index in [4.69, 9.17) is 9.97 Å². The Morgan fingerprint density at radius 1 is 0.298 bits per heavy atom. The first kappa shape index (κ1) is 31.9. The standard InChI is InChI=1S/C55H34N2/c1-3-14-35(15-4-1)51-34-52(57-54(56-51)36-16-5-2-6-17-36)42-21-13-20-37(31-42)40-26-28-43-41(30-40)27-29-46-47-32-38-18-7-8-19-39(38)33-50(47)55(53(43)46)48-24-11-9-22-44(48)45-23-10-12-25-49(45)55/h1-34H. The molecule has 264 valence electrons. The Kier molecular flexibility index (Phi) is 6.88. The molecule has 0 bridgehead atoms. The van der Waals surface area contributed by atoms with Crippen LogP contribution in [0.1, 0.15) is 22.3 Å². The smallest absolute Gasteiger partial charge is 0.160 e. The van der Waals surface area contributed by atoms with E-state index in [0.29, 0.717) is 0 Å². The van der Waals surface area contributed by atoms with Gasteiger partial charge in [-0.25, -0.2) is 9.97 Å². The minimum atomic E-state index is -0.428. The third-order valence-electron chi connectivity index (χ3n) is 12.2. The van der Waals surface area contributed by atoms with E-state index in [1.54, 1.807) is 0 Å². The van der Waals surface area contributed by atoms with E-state index in [9.17, 15) is 0 Å². The average molecular weight is 723 g/mol. The van der Waals surface area contributed by atoms with Crippen LogP contribution >= 0.6 is 0 Å². The Balaban J connectivity index is 1.04. The van der Waals surface area contributed by atoms with Crippen molar-refractivity contribution in [2.75, 3.05) is 0 Å². The number of benzene rings is 9. The number of fused-ring (bicyclic) bond motifs is 13. The van der Waals surface area contributed by atoms with Crippen LogP contribution in [0.3, 0.4) is 0 Å². The second-order valence-electron chi connectivity index (χ2n) is 15.3. The van der Waals surface area contributed by atoms with Crippen LogP contribution in [0.15, 0.2) is 206 Å². The van der Waals surface area contributed by atoms with Crippen molar-refractivity contribution in [3.63, 3.8) is 0 Å². The summed E-state index contributed by atoms with van der Waals surface area (Å²) in [6.07, 6.45) is 0. The highest BCUT2D eigenvalue weighted by atomic mass is 14.9. The third kappa shape index (κ3) is 4.71. The first-order chi connectivity index (χ1) is 28.2. The first-order valence-corrected chi connectivity index (χ1v) is 19.6. The number of rotatable bonds is 4. The maximum atomic E-state index is 5.13. The zero-order chi connectivity index (χ0) is 37.5. The maximum Gasteiger partial charge on any atom is 0.160 e. The minimum absolute atomic E-state index is 0.428. The summed E-state index contributed by atoms with van der Waals surface area (Å²) < 4.78 is 0. The highest BCUT2D eigenvalue weighted by Crippen LogP contribution is 2.64. The molecule has 9 aromatic carbocycles. The van der Waals surface area contributed by atoms with E-state index >= 15 is 0 Å². The molecular weight excluding hydrogens is 689 g/mol. The molecule has 0 amide bonds. The molecule has 0 aliphatic heterocycles. The van der Waals surface area contributed by atoms with Crippen LogP contribution in [0.4, 0.5) is 0 Å². The summed E-state index contributed by atoms with van der Waals surface area (Å²) in [6, 6.07) is 75.1. The van der Waals surface area contributed by atoms with E-state index in [2.05, 4.69) is 182 Å². The van der Waals surface area contributed by atoms with E-state index in [0.717, 1.165) is 39.5 Å². The van der Waals surface area contributed by atoms with Crippen molar-refractivity contribution >= 4 is 21.5 Å². The summed E-state index contributed by atoms with van der Waals surface area (Å²) in [5.41, 5.74) is 17.6. The van der Waals surface area contributed by atoms with Gasteiger partial charge in [-0.3, -0.25) is 0 Å². The Hall–Kier alpha value is -7.42. The van der Waals surface area contributed by atoms with Crippen molar-refractivity contribution < 1.29 is 0 Å². The molecule has 0 radical (unpaired) electrons. The second-order valence-corrected chi connectivity index (χ2v) is 15.3. The van der Waals surface area contributed by atoms with Crippen molar-refractivity contribution in [3.05, 3.63) is 229 Å². The van der Waals surface area contributed by atoms with Gasteiger partial charge in [0.25, 0.3) is 0 Å². The summed E-state index contributed by atoms with van der Waals surface area (Å²) in [6.45, 7) is 0. The average Bonchev–Trinajstić information content (AvgIpc) is 3.75. The van der Waals surface area contributed by atoms with Crippen molar-refractivity contribution in [2.45, 2.75) is 5.41 Å². The SMILES string of the molecule is c1ccc(-c2cc(-c3cccc(-c4ccc5c6c(ccc5c4)-c4cc5ccccc5cc4C64c5ccccc5-c5ccccc54)c3)nc(-c3ccccc3)n2)cc1. The fraction of sp³-hybridized carbons (Fsp3) is 0.0182. The highest BCUT2D eigenvalue weighted by Gasteiger charge is 2.52. The third-order valence-corrected chi connectivity index (χ3v) is 12.2. The predicted molar refractivity (Wildman–Crippen MR) is 235 cm³/mol. The maximum absolute atomic E-state index is 5.13. The lowest BCUT2D eigenvalue weighted by atomic mass is 9.69. The molecule has 10 aromatic rings. The normalized spacial score (nSPS) is 13.1. The van der Waals surface area contributed by atoms with Crippen LogP contribution < -0.4 is 0 Å². The number of nitrogens with zero attached hydrogens (tertiary/aromatic N) is 2.